The van der Waals surface area contributed by atoms with Gasteiger partial charge in [0.15, 0.2) is 0 Å². The maximum Gasteiger partial charge on any atom is 0.334 e. The molecule has 2 aliphatic carbocycles. The molecule has 0 aromatic heterocycles. The van der Waals surface area contributed by atoms with Gasteiger partial charge in [0.1, 0.15) is 12.2 Å². The number of fused-ring (bicyclic) bond motifs is 2. The highest BCUT2D eigenvalue weighted by Crippen LogP contribution is 2.56. The summed E-state index contributed by atoms with van der Waals surface area (Å²) in [5.41, 5.74) is 0.351. The molecule has 1 saturated carbocycles. The predicted octanol–water partition coefficient (Wildman–Crippen LogP) is 0.660. The molecule has 0 radical (unpaired) electrons. The molecule has 7 unspecified atom stereocenters. The van der Waals surface area contributed by atoms with Crippen molar-refractivity contribution < 1.29 is 34.0 Å². The van der Waals surface area contributed by atoms with Gasteiger partial charge in [0, 0.05) is 29.4 Å². The van der Waals surface area contributed by atoms with Crippen LogP contribution in [0.2, 0.25) is 0 Å². The summed E-state index contributed by atoms with van der Waals surface area (Å²) in [6, 6.07) is 0. The molecule has 7 heteroatoms. The number of esters is 2. The highest BCUT2D eigenvalue weighted by Gasteiger charge is 2.65. The van der Waals surface area contributed by atoms with Crippen LogP contribution >= 0.6 is 0 Å². The lowest BCUT2D eigenvalue weighted by molar-refractivity contribution is -0.150. The largest absolute Gasteiger partial charge is 0.458 e. The Hall–Kier alpha value is -1.96. The molecule has 27 heavy (non-hydrogen) atoms. The van der Waals surface area contributed by atoms with Crippen LogP contribution in [0.25, 0.3) is 0 Å². The molecule has 0 amide bonds. The van der Waals surface area contributed by atoms with Crippen LogP contribution in [0.15, 0.2) is 35.5 Å². The Morgan fingerprint density at radius 2 is 2.22 bits per heavy atom. The molecule has 7 nitrogen and oxygen atoms in total. The predicted molar refractivity (Wildman–Crippen MR) is 93.3 cm³/mol. The van der Waals surface area contributed by atoms with Gasteiger partial charge in [-0.3, -0.25) is 0 Å². The molecule has 2 aliphatic heterocycles. The van der Waals surface area contributed by atoms with Gasteiger partial charge in [0.05, 0.1) is 30.8 Å². The van der Waals surface area contributed by atoms with Crippen molar-refractivity contribution in [1.29, 1.82) is 0 Å². The molecular weight excluding hydrogens is 352 g/mol. The Labute approximate surface area is 157 Å². The Morgan fingerprint density at radius 3 is 2.93 bits per heavy atom. The molecule has 2 N–H and O–H groups in total. The van der Waals surface area contributed by atoms with Gasteiger partial charge in [0.2, 0.25) is 0 Å². The maximum atomic E-state index is 12.4. The number of carbonyl (C=O) groups is 2. The summed E-state index contributed by atoms with van der Waals surface area (Å²) in [5, 5.41) is 20.4. The van der Waals surface area contributed by atoms with E-state index in [2.05, 4.69) is 6.58 Å². The molecule has 0 aromatic rings. The van der Waals surface area contributed by atoms with Crippen molar-refractivity contribution in [2.75, 3.05) is 13.2 Å². The van der Waals surface area contributed by atoms with Crippen LogP contribution in [-0.4, -0.2) is 59.3 Å². The molecule has 3 fully saturated rings. The van der Waals surface area contributed by atoms with E-state index in [1.54, 1.807) is 6.92 Å². The molecule has 0 aromatic carbocycles. The highest BCUT2D eigenvalue weighted by molar-refractivity contribution is 5.92. The lowest BCUT2D eigenvalue weighted by Crippen LogP contribution is -2.44. The highest BCUT2D eigenvalue weighted by atomic mass is 16.6. The van der Waals surface area contributed by atoms with Crippen LogP contribution in [0.5, 0.6) is 0 Å². The van der Waals surface area contributed by atoms with Crippen LogP contribution in [0, 0.1) is 17.8 Å². The molecule has 0 spiro atoms. The average Bonchev–Trinajstić information content (AvgIpc) is 3.17. The molecule has 4 rings (SSSR count). The lowest BCUT2D eigenvalue weighted by atomic mass is 9.76. The van der Waals surface area contributed by atoms with Gasteiger partial charge in [-0.05, 0) is 19.9 Å². The molecule has 2 heterocycles. The third-order valence-electron chi connectivity index (χ3n) is 6.39. The van der Waals surface area contributed by atoms with E-state index < -0.39 is 35.7 Å². The summed E-state index contributed by atoms with van der Waals surface area (Å²) in [7, 11) is 0. The zero-order valence-electron chi connectivity index (χ0n) is 15.4. The second-order valence-electron chi connectivity index (χ2n) is 7.98. The Bertz CT molecular complexity index is 766. The van der Waals surface area contributed by atoms with Gasteiger partial charge >= 0.3 is 11.9 Å². The van der Waals surface area contributed by atoms with Crippen LogP contribution in [0.1, 0.15) is 20.3 Å². The van der Waals surface area contributed by atoms with Crippen LogP contribution in [0.4, 0.5) is 0 Å². The fourth-order valence-corrected chi connectivity index (χ4v) is 5.13. The first-order chi connectivity index (χ1) is 12.8. The van der Waals surface area contributed by atoms with E-state index in [-0.39, 0.29) is 48.7 Å². The fraction of sp³-hybridized carbons (Fsp3) is 0.600. The number of hydrogen-bond donors (Lipinski definition) is 2. The third-order valence-corrected chi connectivity index (χ3v) is 6.39. The topological polar surface area (TPSA) is 102 Å². The normalized spacial score (nSPS) is 43.0. The van der Waals surface area contributed by atoms with E-state index >= 15 is 0 Å². The summed E-state index contributed by atoms with van der Waals surface area (Å²) in [6.45, 7) is 7.22. The van der Waals surface area contributed by atoms with E-state index in [4.69, 9.17) is 19.3 Å². The summed E-state index contributed by atoms with van der Waals surface area (Å²) >= 11 is 0. The maximum absolute atomic E-state index is 12.4. The van der Waals surface area contributed by atoms with Crippen LogP contribution in [0.3, 0.4) is 0 Å². The van der Waals surface area contributed by atoms with Gasteiger partial charge in [-0.2, -0.15) is 0 Å². The van der Waals surface area contributed by atoms with Gasteiger partial charge in [0.25, 0.3) is 0 Å². The summed E-state index contributed by atoms with van der Waals surface area (Å²) in [5.74, 6) is -2.06. The van der Waals surface area contributed by atoms with E-state index in [9.17, 15) is 14.7 Å². The number of aliphatic hydroxyl groups excluding tert-OH is 1. The quantitative estimate of drug-likeness (QED) is 0.424. The number of hydrogen-bond acceptors (Lipinski definition) is 7. The number of carbonyl (C=O) groups excluding carboxylic acids is 2. The zero-order valence-corrected chi connectivity index (χ0v) is 15.4. The van der Waals surface area contributed by atoms with Crippen molar-refractivity contribution in [2.45, 2.75) is 44.2 Å². The lowest BCUT2D eigenvalue weighted by Gasteiger charge is -2.32. The van der Waals surface area contributed by atoms with Crippen molar-refractivity contribution in [3.63, 3.8) is 0 Å². The van der Waals surface area contributed by atoms with Gasteiger partial charge in [-0.15, -0.1) is 0 Å². The second-order valence-corrected chi connectivity index (χ2v) is 7.98. The van der Waals surface area contributed by atoms with Crippen molar-refractivity contribution in [3.05, 3.63) is 35.5 Å². The van der Waals surface area contributed by atoms with E-state index in [0.717, 1.165) is 5.57 Å². The molecule has 4 aliphatic rings. The van der Waals surface area contributed by atoms with Crippen LogP contribution in [-0.2, 0) is 23.8 Å². The Morgan fingerprint density at radius 1 is 1.48 bits per heavy atom. The van der Waals surface area contributed by atoms with E-state index in [1.165, 1.54) is 6.08 Å². The Balaban J connectivity index is 1.72. The standard InChI is InChI=1S/C20H24O7/c1-9(4-5-21)18(22)26-13-7-20(24)8-25-12-6-10(2)14(16(12)20)17-15(13)11(3)19(23)27-17/h4,6,12-17,21,24H,3,5,7-8H2,1-2H3/b9-4+. The van der Waals surface area contributed by atoms with Crippen molar-refractivity contribution >= 4 is 11.9 Å². The number of ether oxygens (including phenoxy) is 3. The molecule has 146 valence electrons. The van der Waals surface area contributed by atoms with Gasteiger partial charge in [-0.25, -0.2) is 9.59 Å². The third kappa shape index (κ3) is 2.68. The first kappa shape index (κ1) is 18.4. The van der Waals surface area contributed by atoms with Gasteiger partial charge in [-0.1, -0.05) is 18.2 Å². The van der Waals surface area contributed by atoms with Crippen molar-refractivity contribution in [2.24, 2.45) is 17.8 Å². The minimum Gasteiger partial charge on any atom is -0.458 e. The minimum atomic E-state index is -1.18. The number of rotatable bonds is 3. The van der Waals surface area contributed by atoms with Crippen molar-refractivity contribution in [3.8, 4) is 0 Å². The van der Waals surface area contributed by atoms with Gasteiger partial charge < -0.3 is 24.4 Å². The van der Waals surface area contributed by atoms with Crippen LogP contribution < -0.4 is 0 Å². The SMILES string of the molecule is C=C1C(=O)OC2C1C(OC(=O)/C(C)=C/CO)CC1(O)COC3C=C(C)C2C31. The van der Waals surface area contributed by atoms with Crippen molar-refractivity contribution in [1.82, 2.24) is 0 Å². The average molecular weight is 376 g/mol. The molecule has 2 saturated heterocycles. The smallest absolute Gasteiger partial charge is 0.334 e. The minimum absolute atomic E-state index is 0.140. The monoisotopic (exact) mass is 376 g/mol. The molecule has 0 bridgehead atoms. The molecule has 7 atom stereocenters. The number of aliphatic hydroxyl groups is 2. The first-order valence-electron chi connectivity index (χ1n) is 9.17. The first-order valence-corrected chi connectivity index (χ1v) is 9.17. The zero-order chi connectivity index (χ0) is 19.5. The summed E-state index contributed by atoms with van der Waals surface area (Å²) in [4.78, 5) is 24.7. The van der Waals surface area contributed by atoms with E-state index in [0.29, 0.717) is 0 Å². The van der Waals surface area contributed by atoms with E-state index in [1.807, 2.05) is 13.0 Å². The fourth-order valence-electron chi connectivity index (χ4n) is 5.13. The Kier molecular flexibility index (Phi) is 4.29. The second kappa shape index (κ2) is 6.29. The summed E-state index contributed by atoms with van der Waals surface area (Å²) in [6.07, 6.45) is 1.92. The molecular formula is C20H24O7. The summed E-state index contributed by atoms with van der Waals surface area (Å²) < 4.78 is 17.1.